The van der Waals surface area contributed by atoms with Gasteiger partial charge in [0.25, 0.3) is 0 Å². The van der Waals surface area contributed by atoms with Crippen LogP contribution in [0.15, 0.2) is 65.5 Å². The number of fused-ring (bicyclic) bond motifs is 1. The smallest absolute Gasteiger partial charge is 0.336 e. The number of rotatable bonds is 6. The summed E-state index contributed by atoms with van der Waals surface area (Å²) in [4.78, 5) is 26.2. The lowest BCUT2D eigenvalue weighted by molar-refractivity contribution is -0.136. The van der Waals surface area contributed by atoms with E-state index in [0.717, 1.165) is 16.8 Å². The molecule has 35 heavy (non-hydrogen) atoms. The van der Waals surface area contributed by atoms with Crippen LogP contribution in [-0.2, 0) is 20.9 Å². The molecular formula is C28H30ClNO5. The average Bonchev–Trinajstić information content (AvgIpc) is 2.81. The second-order valence-electron chi connectivity index (χ2n) is 9.67. The van der Waals surface area contributed by atoms with Gasteiger partial charge in [-0.2, -0.15) is 0 Å². The number of allylic oxidation sites excluding steroid dienone is 3. The number of carbonyl (C=O) groups is 2. The highest BCUT2D eigenvalue weighted by Gasteiger charge is 2.46. The van der Waals surface area contributed by atoms with Gasteiger partial charge in [-0.1, -0.05) is 49.7 Å². The molecule has 6 nitrogen and oxygen atoms in total. The monoisotopic (exact) mass is 495 g/mol. The first-order valence-electron chi connectivity index (χ1n) is 11.5. The third kappa shape index (κ3) is 5.08. The number of methoxy groups -OCH3 is 2. The summed E-state index contributed by atoms with van der Waals surface area (Å²) >= 11 is 5.97. The number of benzene rings is 2. The minimum absolute atomic E-state index is 0.0842. The zero-order valence-corrected chi connectivity index (χ0v) is 21.4. The van der Waals surface area contributed by atoms with Gasteiger partial charge in [0.05, 0.1) is 25.7 Å². The van der Waals surface area contributed by atoms with Crippen molar-refractivity contribution in [1.29, 1.82) is 0 Å². The zero-order valence-electron chi connectivity index (χ0n) is 20.6. The van der Waals surface area contributed by atoms with Gasteiger partial charge in [-0.15, -0.1) is 0 Å². The molecule has 1 heterocycles. The van der Waals surface area contributed by atoms with E-state index in [4.69, 9.17) is 25.8 Å². The molecule has 2 atom stereocenters. The molecule has 7 heteroatoms. The van der Waals surface area contributed by atoms with Crippen LogP contribution in [0, 0.1) is 11.3 Å². The molecule has 2 aromatic carbocycles. The normalized spacial score (nSPS) is 21.0. The Morgan fingerprint density at radius 1 is 1.09 bits per heavy atom. The molecule has 2 aliphatic rings. The predicted molar refractivity (Wildman–Crippen MR) is 134 cm³/mol. The highest BCUT2D eigenvalue weighted by molar-refractivity contribution is 6.30. The van der Waals surface area contributed by atoms with Crippen molar-refractivity contribution in [1.82, 2.24) is 5.32 Å². The highest BCUT2D eigenvalue weighted by atomic mass is 35.5. The van der Waals surface area contributed by atoms with Gasteiger partial charge in [0.1, 0.15) is 12.4 Å². The van der Waals surface area contributed by atoms with E-state index in [-0.39, 0.29) is 11.2 Å². The average molecular weight is 496 g/mol. The van der Waals surface area contributed by atoms with E-state index in [2.05, 4.69) is 11.4 Å². The molecule has 4 rings (SSSR count). The molecule has 1 N–H and O–H groups in total. The highest BCUT2D eigenvalue weighted by Crippen LogP contribution is 2.48. The number of Topliss-reactive ketones (excluding diaryl/α,β-unsaturated/α-hetero) is 1. The number of carbonyl (C=O) groups excluding carboxylic acids is 2. The SMILES string of the molecule is COC(=O)C1=C(C)NC2=CC(C)(C)CC(=O)C2C1c1ccc(OCc2ccc(Cl)cc2)c(OC)c1. The number of nitrogens with one attached hydrogen (secondary N) is 1. The van der Waals surface area contributed by atoms with Crippen molar-refractivity contribution in [3.63, 3.8) is 0 Å². The van der Waals surface area contributed by atoms with Gasteiger partial charge in [-0.05, 0) is 47.7 Å². The van der Waals surface area contributed by atoms with Gasteiger partial charge in [0, 0.05) is 28.8 Å². The fourth-order valence-electron chi connectivity index (χ4n) is 4.94. The van der Waals surface area contributed by atoms with Gasteiger partial charge in [-0.25, -0.2) is 4.79 Å². The summed E-state index contributed by atoms with van der Waals surface area (Å²) < 4.78 is 16.8. The number of hydrogen-bond donors (Lipinski definition) is 1. The molecule has 0 fully saturated rings. The molecule has 0 bridgehead atoms. The van der Waals surface area contributed by atoms with E-state index in [1.54, 1.807) is 7.11 Å². The van der Waals surface area contributed by atoms with Crippen molar-refractivity contribution in [2.24, 2.45) is 11.3 Å². The van der Waals surface area contributed by atoms with Crippen molar-refractivity contribution in [3.8, 4) is 11.5 Å². The molecule has 1 aliphatic heterocycles. The lowest BCUT2D eigenvalue weighted by Crippen LogP contribution is -2.43. The number of esters is 1. The molecular weight excluding hydrogens is 466 g/mol. The first kappa shape index (κ1) is 24.9. The van der Waals surface area contributed by atoms with Crippen LogP contribution < -0.4 is 14.8 Å². The van der Waals surface area contributed by atoms with Crippen molar-refractivity contribution >= 4 is 23.4 Å². The van der Waals surface area contributed by atoms with Crippen molar-refractivity contribution in [3.05, 3.63) is 81.7 Å². The number of ketones is 1. The summed E-state index contributed by atoms with van der Waals surface area (Å²) in [5.41, 5.74) is 3.43. The molecule has 0 saturated carbocycles. The first-order valence-corrected chi connectivity index (χ1v) is 11.9. The molecule has 1 aliphatic carbocycles. The molecule has 2 unspecified atom stereocenters. The maximum Gasteiger partial charge on any atom is 0.336 e. The number of hydrogen-bond acceptors (Lipinski definition) is 6. The van der Waals surface area contributed by atoms with Crippen LogP contribution in [-0.4, -0.2) is 26.0 Å². The van der Waals surface area contributed by atoms with E-state index in [9.17, 15) is 9.59 Å². The Morgan fingerprint density at radius 2 is 1.80 bits per heavy atom. The molecule has 0 radical (unpaired) electrons. The quantitative estimate of drug-likeness (QED) is 0.529. The topological polar surface area (TPSA) is 73.9 Å². The van der Waals surface area contributed by atoms with E-state index in [0.29, 0.717) is 40.8 Å². The lowest BCUT2D eigenvalue weighted by Gasteiger charge is -2.41. The van der Waals surface area contributed by atoms with E-state index < -0.39 is 17.8 Å². The summed E-state index contributed by atoms with van der Waals surface area (Å²) in [5.74, 6) is -0.304. The first-order chi connectivity index (χ1) is 16.6. The predicted octanol–water partition coefficient (Wildman–Crippen LogP) is 5.56. The Hall–Kier alpha value is -3.25. The van der Waals surface area contributed by atoms with E-state index in [1.165, 1.54) is 7.11 Å². The zero-order chi connectivity index (χ0) is 25.3. The standard InChI is InChI=1S/C28H30ClNO5/c1-16-24(27(32)34-5)25(26-20(30-16)13-28(2,3)14-21(26)31)18-8-11-22(23(12-18)33-4)35-15-17-6-9-19(29)10-7-17/h6-13,25-26,30H,14-15H2,1-5H3. The third-order valence-electron chi connectivity index (χ3n) is 6.50. The van der Waals surface area contributed by atoms with Gasteiger partial charge >= 0.3 is 5.97 Å². The Bertz CT molecular complexity index is 1210. The Balaban J connectivity index is 1.73. The lowest BCUT2D eigenvalue weighted by atomic mass is 9.66. The van der Waals surface area contributed by atoms with Crippen LogP contribution >= 0.6 is 11.6 Å². The summed E-state index contributed by atoms with van der Waals surface area (Å²) in [6.07, 6.45) is 2.50. The summed E-state index contributed by atoms with van der Waals surface area (Å²) in [6, 6.07) is 13.0. The van der Waals surface area contributed by atoms with Crippen LogP contribution in [0.5, 0.6) is 11.5 Å². The van der Waals surface area contributed by atoms with E-state index >= 15 is 0 Å². The molecule has 184 valence electrons. The maximum atomic E-state index is 13.4. The molecule has 2 aromatic rings. The van der Waals surface area contributed by atoms with Crippen LogP contribution in [0.4, 0.5) is 0 Å². The van der Waals surface area contributed by atoms with Gasteiger partial charge in [0.2, 0.25) is 0 Å². The molecule has 0 spiro atoms. The van der Waals surface area contributed by atoms with Gasteiger partial charge in [0.15, 0.2) is 11.5 Å². The molecule has 0 saturated heterocycles. The minimum Gasteiger partial charge on any atom is -0.493 e. The van der Waals surface area contributed by atoms with Crippen LogP contribution in [0.2, 0.25) is 5.02 Å². The fraction of sp³-hybridized carbons (Fsp3) is 0.357. The molecule has 0 aromatic heterocycles. The summed E-state index contributed by atoms with van der Waals surface area (Å²) in [6.45, 7) is 6.25. The fourth-order valence-corrected chi connectivity index (χ4v) is 5.07. The minimum atomic E-state index is -0.508. The summed E-state index contributed by atoms with van der Waals surface area (Å²) in [5, 5.41) is 3.97. The van der Waals surface area contributed by atoms with E-state index in [1.807, 2.05) is 63.2 Å². The second-order valence-corrected chi connectivity index (χ2v) is 10.1. The van der Waals surface area contributed by atoms with Crippen LogP contribution in [0.3, 0.4) is 0 Å². The van der Waals surface area contributed by atoms with Crippen LogP contribution in [0.25, 0.3) is 0 Å². The molecule has 0 amide bonds. The van der Waals surface area contributed by atoms with Crippen molar-refractivity contribution in [2.45, 2.75) is 39.7 Å². The van der Waals surface area contributed by atoms with Crippen molar-refractivity contribution < 1.29 is 23.8 Å². The summed E-state index contributed by atoms with van der Waals surface area (Å²) in [7, 11) is 2.92. The second kappa shape index (κ2) is 9.78. The Morgan fingerprint density at radius 3 is 2.46 bits per heavy atom. The Kier molecular flexibility index (Phi) is 6.95. The third-order valence-corrected chi connectivity index (χ3v) is 6.75. The number of halogens is 1. The van der Waals surface area contributed by atoms with Gasteiger partial charge < -0.3 is 19.5 Å². The number of ether oxygens (including phenoxy) is 3. The van der Waals surface area contributed by atoms with Crippen molar-refractivity contribution in [2.75, 3.05) is 14.2 Å². The maximum absolute atomic E-state index is 13.4. The van der Waals surface area contributed by atoms with Crippen LogP contribution in [0.1, 0.15) is 44.2 Å². The largest absolute Gasteiger partial charge is 0.493 e. The Labute approximate surface area is 210 Å². The van der Waals surface area contributed by atoms with Gasteiger partial charge in [-0.3, -0.25) is 4.79 Å².